The lowest BCUT2D eigenvalue weighted by molar-refractivity contribution is 0.561. The maximum atomic E-state index is 13.3. The lowest BCUT2D eigenvalue weighted by atomic mass is 9.98. The van der Waals surface area contributed by atoms with E-state index < -0.39 is 17.0 Å². The van der Waals surface area contributed by atoms with E-state index in [-0.39, 0.29) is 11.6 Å². The minimum Gasteiger partial charge on any atom is -0.616 e. The number of pyridine rings is 1. The summed E-state index contributed by atoms with van der Waals surface area (Å²) in [6.45, 7) is 0. The van der Waals surface area contributed by atoms with Gasteiger partial charge in [-0.15, -0.1) is 0 Å². The molecule has 1 aromatic carbocycles. The van der Waals surface area contributed by atoms with Crippen LogP contribution in [0.1, 0.15) is 17.3 Å². The number of hydrogen-bond acceptors (Lipinski definition) is 3. The van der Waals surface area contributed by atoms with Crippen LogP contribution in [0.15, 0.2) is 23.0 Å². The highest BCUT2D eigenvalue weighted by molar-refractivity contribution is 7.90. The lowest BCUT2D eigenvalue weighted by Gasteiger charge is -2.27. The highest BCUT2D eigenvalue weighted by Crippen LogP contribution is 2.31. The molecular weight excluding hydrogens is 267 g/mol. The van der Waals surface area contributed by atoms with Gasteiger partial charge in [0.05, 0.1) is 17.1 Å². The summed E-state index contributed by atoms with van der Waals surface area (Å²) in [5.41, 5.74) is 1.28. The van der Waals surface area contributed by atoms with E-state index >= 15 is 0 Å². The highest BCUT2D eigenvalue weighted by atomic mass is 32.2. The molecule has 0 saturated heterocycles. The zero-order valence-corrected chi connectivity index (χ0v) is 11.1. The van der Waals surface area contributed by atoms with Crippen LogP contribution in [0.4, 0.5) is 4.39 Å². The Morgan fingerprint density at radius 3 is 3.00 bits per heavy atom. The van der Waals surface area contributed by atoms with Gasteiger partial charge in [0.15, 0.2) is 0 Å². The van der Waals surface area contributed by atoms with E-state index in [4.69, 9.17) is 0 Å². The molecule has 2 heterocycles. The molecule has 2 aromatic rings. The van der Waals surface area contributed by atoms with Crippen LogP contribution >= 0.6 is 0 Å². The average Bonchev–Trinajstić information content (AvgIpc) is 2.38. The average molecular weight is 280 g/mol. The minimum atomic E-state index is -0.994. The van der Waals surface area contributed by atoms with Crippen LogP contribution in [0.25, 0.3) is 10.8 Å². The van der Waals surface area contributed by atoms with Gasteiger partial charge in [-0.05, 0) is 35.7 Å². The largest absolute Gasteiger partial charge is 0.616 e. The Morgan fingerprint density at radius 1 is 1.47 bits per heavy atom. The van der Waals surface area contributed by atoms with Crippen LogP contribution in [0, 0.1) is 5.82 Å². The van der Waals surface area contributed by atoms with Crippen molar-refractivity contribution in [2.45, 2.75) is 11.8 Å². The third kappa shape index (κ3) is 2.05. The van der Waals surface area contributed by atoms with Gasteiger partial charge in [-0.3, -0.25) is 4.79 Å². The molecule has 19 heavy (non-hydrogen) atoms. The van der Waals surface area contributed by atoms with Crippen molar-refractivity contribution in [1.82, 2.24) is 10.3 Å². The van der Waals surface area contributed by atoms with Crippen LogP contribution < -0.4 is 10.9 Å². The monoisotopic (exact) mass is 280 g/mol. The Hall–Kier alpha value is -1.37. The molecule has 2 unspecified atom stereocenters. The Kier molecular flexibility index (Phi) is 3.08. The number of hydrogen-bond donors (Lipinski definition) is 2. The number of halogens is 1. The number of aromatic nitrogens is 1. The fourth-order valence-corrected chi connectivity index (χ4v) is 3.97. The SMILES string of the molecule is CNC1C[S+]([O-])Cc2[nH]c(=O)c3cc(F)ccc3c21. The van der Waals surface area contributed by atoms with E-state index in [0.29, 0.717) is 22.6 Å². The molecule has 2 atom stereocenters. The molecule has 0 amide bonds. The predicted octanol–water partition coefficient (Wildman–Crippen LogP) is 1.19. The van der Waals surface area contributed by atoms with Crippen LogP contribution in [0.5, 0.6) is 0 Å². The van der Waals surface area contributed by atoms with Crippen LogP contribution in [-0.4, -0.2) is 22.3 Å². The maximum absolute atomic E-state index is 13.3. The summed E-state index contributed by atoms with van der Waals surface area (Å²) < 4.78 is 25.1. The number of benzene rings is 1. The zero-order chi connectivity index (χ0) is 13.6. The second kappa shape index (κ2) is 4.63. The number of rotatable bonds is 1. The molecule has 1 aromatic heterocycles. The van der Waals surface area contributed by atoms with Crippen molar-refractivity contribution in [2.75, 3.05) is 12.8 Å². The Labute approximate surface area is 112 Å². The molecule has 0 fully saturated rings. The van der Waals surface area contributed by atoms with Gasteiger partial charge >= 0.3 is 0 Å². The number of aromatic amines is 1. The first-order valence-electron chi connectivity index (χ1n) is 5.96. The van der Waals surface area contributed by atoms with Crippen molar-refractivity contribution in [3.05, 3.63) is 45.6 Å². The lowest BCUT2D eigenvalue weighted by Crippen LogP contribution is -2.34. The van der Waals surface area contributed by atoms with E-state index in [2.05, 4.69) is 10.3 Å². The second-order valence-corrected chi connectivity index (χ2v) is 6.13. The fraction of sp³-hybridized carbons (Fsp3) is 0.308. The van der Waals surface area contributed by atoms with Crippen LogP contribution in [0.3, 0.4) is 0 Å². The Bertz CT molecular complexity index is 701. The maximum Gasteiger partial charge on any atom is 0.256 e. The topological polar surface area (TPSA) is 67.9 Å². The summed E-state index contributed by atoms with van der Waals surface area (Å²) in [7, 11) is 1.79. The summed E-state index contributed by atoms with van der Waals surface area (Å²) in [5, 5.41) is 4.18. The number of nitrogens with one attached hydrogen (secondary N) is 2. The van der Waals surface area contributed by atoms with E-state index in [1.54, 1.807) is 13.1 Å². The van der Waals surface area contributed by atoms with E-state index in [1.165, 1.54) is 12.1 Å². The quantitative estimate of drug-likeness (QED) is 0.771. The Morgan fingerprint density at radius 2 is 2.26 bits per heavy atom. The van der Waals surface area contributed by atoms with E-state index in [0.717, 1.165) is 10.9 Å². The Balaban J connectivity index is 2.35. The standard InChI is InChI=1S/C13H13FN2O2S/c1-15-10-5-19(18)6-11-12(10)8-3-2-7(14)4-9(8)13(17)16-11/h2-4,10,15H,5-6H2,1H3,(H,16,17). The molecule has 4 nitrogen and oxygen atoms in total. The third-order valence-corrected chi connectivity index (χ3v) is 4.78. The number of fused-ring (bicyclic) bond motifs is 3. The molecule has 1 aliphatic rings. The van der Waals surface area contributed by atoms with E-state index in [1.807, 2.05) is 0 Å². The molecule has 1 aliphatic heterocycles. The first-order valence-corrected chi connectivity index (χ1v) is 7.45. The summed E-state index contributed by atoms with van der Waals surface area (Å²) in [5.74, 6) is 0.413. The highest BCUT2D eigenvalue weighted by Gasteiger charge is 2.30. The summed E-state index contributed by atoms with van der Waals surface area (Å²) >= 11 is -0.994. The van der Waals surface area contributed by atoms with Gasteiger partial charge in [-0.25, -0.2) is 4.39 Å². The molecule has 6 heteroatoms. The van der Waals surface area contributed by atoms with Crippen molar-refractivity contribution >= 4 is 21.9 Å². The molecule has 0 saturated carbocycles. The minimum absolute atomic E-state index is 0.0885. The van der Waals surface area contributed by atoms with Gasteiger partial charge in [0.1, 0.15) is 17.3 Å². The first-order chi connectivity index (χ1) is 9.10. The molecular formula is C13H13FN2O2S. The molecule has 0 bridgehead atoms. The molecule has 3 rings (SSSR count). The van der Waals surface area contributed by atoms with Crippen molar-refractivity contribution in [3.63, 3.8) is 0 Å². The zero-order valence-electron chi connectivity index (χ0n) is 10.3. The van der Waals surface area contributed by atoms with Gasteiger partial charge in [0.25, 0.3) is 5.56 Å². The molecule has 2 N–H and O–H groups in total. The van der Waals surface area contributed by atoms with Crippen molar-refractivity contribution < 1.29 is 8.94 Å². The third-order valence-electron chi connectivity index (χ3n) is 3.46. The smallest absolute Gasteiger partial charge is 0.256 e. The molecule has 0 radical (unpaired) electrons. The van der Waals surface area contributed by atoms with Crippen molar-refractivity contribution in [3.8, 4) is 0 Å². The van der Waals surface area contributed by atoms with Gasteiger partial charge in [0.2, 0.25) is 0 Å². The summed E-state index contributed by atoms with van der Waals surface area (Å²) in [6.07, 6.45) is 0. The normalized spacial score (nSPS) is 22.5. The van der Waals surface area contributed by atoms with Gasteiger partial charge in [-0.1, -0.05) is 6.07 Å². The van der Waals surface area contributed by atoms with Gasteiger partial charge < -0.3 is 14.9 Å². The number of H-pyrrole nitrogens is 1. The summed E-state index contributed by atoms with van der Waals surface area (Å²) in [6, 6.07) is 4.12. The first kappa shape index (κ1) is 12.7. The second-order valence-electron chi connectivity index (χ2n) is 4.63. The van der Waals surface area contributed by atoms with Crippen LogP contribution in [0.2, 0.25) is 0 Å². The predicted molar refractivity (Wildman–Crippen MR) is 73.0 cm³/mol. The summed E-state index contributed by atoms with van der Waals surface area (Å²) in [4.78, 5) is 14.7. The molecule has 0 spiro atoms. The van der Waals surface area contributed by atoms with Crippen molar-refractivity contribution in [2.24, 2.45) is 0 Å². The molecule has 100 valence electrons. The van der Waals surface area contributed by atoms with Crippen LogP contribution in [-0.2, 0) is 16.9 Å². The van der Waals surface area contributed by atoms with E-state index in [9.17, 15) is 13.7 Å². The van der Waals surface area contributed by atoms with Gasteiger partial charge in [0, 0.05) is 5.56 Å². The van der Waals surface area contributed by atoms with Gasteiger partial charge in [-0.2, -0.15) is 0 Å². The van der Waals surface area contributed by atoms with Crippen molar-refractivity contribution in [1.29, 1.82) is 0 Å². The fourth-order valence-electron chi connectivity index (χ4n) is 2.60. The molecule has 0 aliphatic carbocycles.